The van der Waals surface area contributed by atoms with E-state index in [2.05, 4.69) is 0 Å². The van der Waals surface area contributed by atoms with E-state index in [0.29, 0.717) is 12.1 Å². The molecule has 0 spiro atoms. The van der Waals surface area contributed by atoms with E-state index >= 15 is 0 Å². The van der Waals surface area contributed by atoms with Gasteiger partial charge >= 0.3 is 0 Å². The van der Waals surface area contributed by atoms with Crippen LogP contribution in [-0.2, 0) is 6.54 Å². The molecule has 0 saturated heterocycles. The van der Waals surface area contributed by atoms with Crippen molar-refractivity contribution in [3.05, 3.63) is 68.2 Å². The zero-order valence-corrected chi connectivity index (χ0v) is 13.1. The summed E-state index contributed by atoms with van der Waals surface area (Å²) in [7, 11) is 1.29. The molecular formula is C15H11ClF2N2O4. The van der Waals surface area contributed by atoms with Crippen molar-refractivity contribution in [2.45, 2.75) is 6.54 Å². The number of amides is 1. The van der Waals surface area contributed by atoms with E-state index in [-0.39, 0.29) is 22.8 Å². The van der Waals surface area contributed by atoms with Crippen LogP contribution < -0.4 is 0 Å². The van der Waals surface area contributed by atoms with Gasteiger partial charge in [-0.15, -0.1) is 0 Å². The molecule has 2 aromatic carbocycles. The number of carbonyl (C=O) groups is 1. The van der Waals surface area contributed by atoms with E-state index in [1.807, 2.05) is 0 Å². The van der Waals surface area contributed by atoms with Crippen molar-refractivity contribution in [1.82, 2.24) is 4.90 Å². The Hall–Kier alpha value is -2.74. The highest BCUT2D eigenvalue weighted by Crippen LogP contribution is 2.26. The maximum absolute atomic E-state index is 13.7. The van der Waals surface area contributed by atoms with Gasteiger partial charge < -0.3 is 10.0 Å². The van der Waals surface area contributed by atoms with Crippen LogP contribution in [0, 0.1) is 21.7 Å². The molecule has 9 heteroatoms. The van der Waals surface area contributed by atoms with Gasteiger partial charge in [-0.2, -0.15) is 0 Å². The van der Waals surface area contributed by atoms with Crippen molar-refractivity contribution < 1.29 is 23.6 Å². The summed E-state index contributed by atoms with van der Waals surface area (Å²) in [5, 5.41) is 20.6. The van der Waals surface area contributed by atoms with Crippen LogP contribution in [0.25, 0.3) is 0 Å². The second-order valence-corrected chi connectivity index (χ2v) is 5.38. The molecule has 0 aliphatic carbocycles. The normalized spacial score (nSPS) is 10.5. The lowest BCUT2D eigenvalue weighted by Gasteiger charge is -2.19. The fraction of sp³-hybridized carbons (Fsp3) is 0.133. The Labute approximate surface area is 140 Å². The first kappa shape index (κ1) is 17.6. The van der Waals surface area contributed by atoms with E-state index in [1.54, 1.807) is 0 Å². The molecule has 126 valence electrons. The van der Waals surface area contributed by atoms with Crippen LogP contribution in [0.5, 0.6) is 5.75 Å². The average Bonchev–Trinajstić information content (AvgIpc) is 2.47. The molecule has 0 heterocycles. The van der Waals surface area contributed by atoms with Gasteiger partial charge in [-0.05, 0) is 11.6 Å². The molecule has 0 saturated carbocycles. The van der Waals surface area contributed by atoms with E-state index in [0.717, 1.165) is 4.90 Å². The van der Waals surface area contributed by atoms with Crippen LogP contribution in [0.15, 0.2) is 30.3 Å². The van der Waals surface area contributed by atoms with E-state index < -0.39 is 33.8 Å². The van der Waals surface area contributed by atoms with Crippen molar-refractivity contribution in [2.24, 2.45) is 0 Å². The maximum Gasteiger partial charge on any atom is 0.269 e. The number of nitro groups is 1. The minimum Gasteiger partial charge on any atom is -0.507 e. The largest absolute Gasteiger partial charge is 0.507 e. The second-order valence-electron chi connectivity index (χ2n) is 4.98. The standard InChI is InChI=1S/C15H11ClF2N2O4/c1-19(7-8-4-10(20(23)24)2-3-11(8)16)15(22)14-12(18)5-9(17)6-13(14)21/h2-6,21H,7H2,1H3. The first-order valence-corrected chi connectivity index (χ1v) is 6.94. The molecule has 0 bridgehead atoms. The van der Waals surface area contributed by atoms with Crippen molar-refractivity contribution in [3.63, 3.8) is 0 Å². The molecule has 0 aliphatic heterocycles. The molecule has 2 rings (SSSR count). The fourth-order valence-electron chi connectivity index (χ4n) is 2.09. The van der Waals surface area contributed by atoms with Gasteiger partial charge in [0.15, 0.2) is 0 Å². The highest BCUT2D eigenvalue weighted by atomic mass is 35.5. The number of halogens is 3. The van der Waals surface area contributed by atoms with Gasteiger partial charge in [-0.25, -0.2) is 8.78 Å². The lowest BCUT2D eigenvalue weighted by Crippen LogP contribution is -2.27. The Balaban J connectivity index is 2.30. The van der Waals surface area contributed by atoms with Gasteiger partial charge in [-0.1, -0.05) is 11.6 Å². The predicted molar refractivity (Wildman–Crippen MR) is 81.9 cm³/mol. The molecule has 2 aromatic rings. The number of aromatic hydroxyl groups is 1. The molecule has 0 atom stereocenters. The number of nitrogens with zero attached hydrogens (tertiary/aromatic N) is 2. The summed E-state index contributed by atoms with van der Waals surface area (Å²) in [6.07, 6.45) is 0. The van der Waals surface area contributed by atoms with E-state index in [9.17, 15) is 28.8 Å². The quantitative estimate of drug-likeness (QED) is 0.671. The van der Waals surface area contributed by atoms with Gasteiger partial charge in [0, 0.05) is 42.9 Å². The summed E-state index contributed by atoms with van der Waals surface area (Å²) in [5.74, 6) is -4.00. The van der Waals surface area contributed by atoms with Crippen molar-refractivity contribution in [3.8, 4) is 5.75 Å². The molecular weight excluding hydrogens is 346 g/mol. The molecule has 24 heavy (non-hydrogen) atoms. The smallest absolute Gasteiger partial charge is 0.269 e. The first-order valence-electron chi connectivity index (χ1n) is 6.57. The van der Waals surface area contributed by atoms with Crippen LogP contribution in [0.3, 0.4) is 0 Å². The van der Waals surface area contributed by atoms with E-state index in [1.165, 1.54) is 25.2 Å². The molecule has 0 unspecified atom stereocenters. The third-order valence-corrected chi connectivity index (χ3v) is 3.61. The molecule has 0 aromatic heterocycles. The molecule has 0 aliphatic rings. The number of rotatable bonds is 4. The third-order valence-electron chi connectivity index (χ3n) is 3.24. The van der Waals surface area contributed by atoms with Crippen LogP contribution in [0.2, 0.25) is 5.02 Å². The minimum atomic E-state index is -1.21. The number of non-ortho nitro benzene ring substituents is 1. The number of hydrogen-bond donors (Lipinski definition) is 1. The average molecular weight is 357 g/mol. The third kappa shape index (κ3) is 3.60. The Morgan fingerprint density at radius 3 is 2.58 bits per heavy atom. The molecule has 6 nitrogen and oxygen atoms in total. The number of phenolic OH excluding ortho intramolecular Hbond substituents is 1. The first-order chi connectivity index (χ1) is 11.2. The van der Waals surface area contributed by atoms with Crippen LogP contribution in [0.4, 0.5) is 14.5 Å². The van der Waals surface area contributed by atoms with Gasteiger partial charge in [0.25, 0.3) is 11.6 Å². The summed E-state index contributed by atoms with van der Waals surface area (Å²) >= 11 is 5.95. The van der Waals surface area contributed by atoms with Crippen molar-refractivity contribution in [2.75, 3.05) is 7.05 Å². The SMILES string of the molecule is CN(Cc1cc([N+](=O)[O-])ccc1Cl)C(=O)c1c(O)cc(F)cc1F. The van der Waals surface area contributed by atoms with Gasteiger partial charge in [-0.3, -0.25) is 14.9 Å². The zero-order valence-electron chi connectivity index (χ0n) is 12.3. The highest BCUT2D eigenvalue weighted by Gasteiger charge is 2.23. The predicted octanol–water partition coefficient (Wildman–Crippen LogP) is 3.50. The number of hydrogen-bond acceptors (Lipinski definition) is 4. The minimum absolute atomic E-state index is 0.171. The van der Waals surface area contributed by atoms with Crippen LogP contribution in [-0.4, -0.2) is 27.9 Å². The number of benzene rings is 2. The van der Waals surface area contributed by atoms with Crippen LogP contribution in [0.1, 0.15) is 15.9 Å². The summed E-state index contributed by atoms with van der Waals surface area (Å²) in [6.45, 7) is -0.171. The van der Waals surface area contributed by atoms with Gasteiger partial charge in [0.05, 0.1) is 4.92 Å². The second kappa shape index (κ2) is 6.79. The number of nitro benzene ring substituents is 1. The monoisotopic (exact) mass is 356 g/mol. The molecule has 0 radical (unpaired) electrons. The lowest BCUT2D eigenvalue weighted by molar-refractivity contribution is -0.384. The Morgan fingerprint density at radius 2 is 2.00 bits per heavy atom. The van der Waals surface area contributed by atoms with Gasteiger partial charge in [0.1, 0.15) is 22.9 Å². The summed E-state index contributed by atoms with van der Waals surface area (Å²) in [6, 6.07) is 4.79. The summed E-state index contributed by atoms with van der Waals surface area (Å²) in [5.41, 5.74) is -0.643. The molecule has 1 N–H and O–H groups in total. The fourth-order valence-corrected chi connectivity index (χ4v) is 2.26. The van der Waals surface area contributed by atoms with Gasteiger partial charge in [0.2, 0.25) is 0 Å². The lowest BCUT2D eigenvalue weighted by atomic mass is 10.1. The zero-order chi connectivity index (χ0) is 18.0. The molecule has 1 amide bonds. The Bertz CT molecular complexity index is 806. The summed E-state index contributed by atoms with van der Waals surface area (Å²) < 4.78 is 26.7. The Morgan fingerprint density at radius 1 is 1.33 bits per heavy atom. The number of phenols is 1. The Kier molecular flexibility index (Phi) is 4.99. The topological polar surface area (TPSA) is 83.7 Å². The molecule has 0 fully saturated rings. The summed E-state index contributed by atoms with van der Waals surface area (Å²) in [4.78, 5) is 23.4. The van der Waals surface area contributed by atoms with E-state index in [4.69, 9.17) is 11.6 Å². The maximum atomic E-state index is 13.7. The van der Waals surface area contributed by atoms with Crippen molar-refractivity contribution in [1.29, 1.82) is 0 Å². The van der Waals surface area contributed by atoms with Crippen LogP contribution >= 0.6 is 11.6 Å². The number of carbonyl (C=O) groups excluding carboxylic acids is 1. The van der Waals surface area contributed by atoms with Crippen molar-refractivity contribution >= 4 is 23.2 Å². The highest BCUT2D eigenvalue weighted by molar-refractivity contribution is 6.31.